The van der Waals surface area contributed by atoms with Crippen LogP contribution in [0.3, 0.4) is 0 Å². The molecule has 2 aliphatic rings. The number of thioether (sulfide) groups is 1. The maximum atomic E-state index is 11.4. The molecule has 2 aliphatic heterocycles. The van der Waals surface area contributed by atoms with Crippen molar-refractivity contribution in [1.29, 1.82) is 0 Å². The highest BCUT2D eigenvalue weighted by atomic mass is 32.2. The van der Waals surface area contributed by atoms with E-state index in [1.54, 1.807) is 11.0 Å². The Morgan fingerprint density at radius 2 is 2.57 bits per heavy atom. The van der Waals surface area contributed by atoms with Gasteiger partial charge in [0.05, 0.1) is 0 Å². The van der Waals surface area contributed by atoms with Gasteiger partial charge in [-0.05, 0) is 0 Å². The van der Waals surface area contributed by atoms with E-state index in [4.69, 9.17) is 12.2 Å². The van der Waals surface area contributed by atoms with Crippen molar-refractivity contribution >= 4 is 46.4 Å². The normalized spacial score (nSPS) is 25.0. The molecule has 0 aromatic carbocycles. The summed E-state index contributed by atoms with van der Waals surface area (Å²) >= 11 is 6.45. The number of thiocarbonyl (C=S) groups is 1. The number of hydrogen-bond donors (Lipinski definition) is 0. The molecule has 0 bridgehead atoms. The number of carbonyl (C=O) groups excluding carboxylic acids is 1. The summed E-state index contributed by atoms with van der Waals surface area (Å²) in [5.74, 6) is 0.494. The summed E-state index contributed by atoms with van der Waals surface area (Å²) in [5, 5.41) is -0.340. The molecule has 0 N–H and O–H groups in total. The molecule has 0 aromatic rings. The lowest BCUT2D eigenvalue weighted by atomic mass is 10.3. The third kappa shape index (κ3) is 1.40. The van der Waals surface area contributed by atoms with Crippen LogP contribution in [0.5, 0.6) is 0 Å². The maximum absolute atomic E-state index is 11.4. The summed E-state index contributed by atoms with van der Waals surface area (Å²) in [5.41, 5.74) is 0. The van der Waals surface area contributed by atoms with E-state index in [-0.39, 0.29) is 11.2 Å². The highest BCUT2D eigenvalue weighted by Crippen LogP contribution is 2.30. The highest BCUT2D eigenvalue weighted by molar-refractivity contribution is 8.24. The molecule has 4 nitrogen and oxygen atoms in total. The molecular formula is C8H7N3OS2. The summed E-state index contributed by atoms with van der Waals surface area (Å²) in [6, 6.07) is 0. The number of amidine groups is 1. The molecule has 1 amide bonds. The van der Waals surface area contributed by atoms with Gasteiger partial charge in [-0.3, -0.25) is 4.79 Å². The van der Waals surface area contributed by atoms with Crippen molar-refractivity contribution in [3.05, 3.63) is 12.7 Å². The lowest BCUT2D eigenvalue weighted by molar-refractivity contribution is -0.116. The quantitative estimate of drug-likeness (QED) is 0.516. The average molecular weight is 225 g/mol. The Balaban J connectivity index is 2.32. The first-order valence-corrected chi connectivity index (χ1v) is 5.26. The minimum atomic E-state index is -0.340. The number of amides is 1. The first kappa shape index (κ1) is 9.54. The van der Waals surface area contributed by atoms with Crippen molar-refractivity contribution in [2.24, 2.45) is 9.98 Å². The molecule has 72 valence electrons. The van der Waals surface area contributed by atoms with Crippen molar-refractivity contribution in [2.75, 3.05) is 6.54 Å². The zero-order valence-corrected chi connectivity index (χ0v) is 8.85. The van der Waals surface area contributed by atoms with Gasteiger partial charge >= 0.3 is 0 Å². The van der Waals surface area contributed by atoms with Crippen LogP contribution in [0.4, 0.5) is 0 Å². The molecule has 1 fully saturated rings. The molecule has 2 heterocycles. The number of hydrogen-bond acceptors (Lipinski definition) is 4. The van der Waals surface area contributed by atoms with Crippen molar-refractivity contribution in [2.45, 2.75) is 5.25 Å². The molecule has 6 heteroatoms. The first-order chi connectivity index (χ1) is 6.74. The van der Waals surface area contributed by atoms with Gasteiger partial charge < -0.3 is 4.90 Å². The van der Waals surface area contributed by atoms with E-state index in [2.05, 4.69) is 16.6 Å². The molecule has 14 heavy (non-hydrogen) atoms. The number of fused-ring (bicyclic) bond motifs is 1. The molecule has 0 aromatic heterocycles. The third-order valence-electron chi connectivity index (χ3n) is 1.86. The van der Waals surface area contributed by atoms with Gasteiger partial charge in [0.15, 0.2) is 5.25 Å². The average Bonchev–Trinajstić information content (AvgIpc) is 2.47. The van der Waals surface area contributed by atoms with Gasteiger partial charge in [-0.1, -0.05) is 30.1 Å². The molecule has 0 saturated carbocycles. The van der Waals surface area contributed by atoms with Crippen LogP contribution in [0.1, 0.15) is 0 Å². The summed E-state index contributed by atoms with van der Waals surface area (Å²) < 4.78 is 0.660. The molecular weight excluding hydrogens is 218 g/mol. The molecule has 1 unspecified atom stereocenters. The van der Waals surface area contributed by atoms with Crippen molar-refractivity contribution in [3.63, 3.8) is 0 Å². The summed E-state index contributed by atoms with van der Waals surface area (Å²) in [7, 11) is 0. The van der Waals surface area contributed by atoms with Crippen molar-refractivity contribution < 1.29 is 4.79 Å². The van der Waals surface area contributed by atoms with Crippen LogP contribution in [0.2, 0.25) is 0 Å². The minimum absolute atomic E-state index is 0.186. The Bertz CT molecular complexity index is 375. The fraction of sp³-hybridized carbons (Fsp3) is 0.250. The summed E-state index contributed by atoms with van der Waals surface area (Å²) in [4.78, 5) is 20.8. The van der Waals surface area contributed by atoms with E-state index in [0.29, 0.717) is 16.7 Å². The molecule has 0 radical (unpaired) electrons. The fourth-order valence-corrected chi connectivity index (χ4v) is 2.67. The first-order valence-electron chi connectivity index (χ1n) is 3.97. The second kappa shape index (κ2) is 3.62. The zero-order chi connectivity index (χ0) is 10.1. The third-order valence-corrected chi connectivity index (χ3v) is 3.44. The van der Waals surface area contributed by atoms with Crippen LogP contribution in [0.15, 0.2) is 22.6 Å². The molecule has 0 aliphatic carbocycles. The van der Waals surface area contributed by atoms with E-state index < -0.39 is 0 Å². The predicted octanol–water partition coefficient (Wildman–Crippen LogP) is 0.842. The Labute approximate surface area is 90.8 Å². The Hall–Kier alpha value is -1.01. The lowest BCUT2D eigenvalue weighted by Gasteiger charge is -2.16. The lowest BCUT2D eigenvalue weighted by Crippen LogP contribution is -2.36. The Morgan fingerprint density at radius 3 is 3.29 bits per heavy atom. The number of nitrogens with zero attached hydrogens (tertiary/aromatic N) is 3. The monoisotopic (exact) mass is 225 g/mol. The maximum Gasteiger partial charge on any atom is 0.268 e. The van der Waals surface area contributed by atoms with Gasteiger partial charge in [-0.2, -0.15) is 0 Å². The highest BCUT2D eigenvalue weighted by Gasteiger charge is 2.40. The van der Waals surface area contributed by atoms with E-state index in [9.17, 15) is 4.79 Å². The van der Waals surface area contributed by atoms with Crippen molar-refractivity contribution in [3.8, 4) is 0 Å². The Morgan fingerprint density at radius 1 is 1.79 bits per heavy atom. The molecule has 0 spiro atoms. The van der Waals surface area contributed by atoms with Gasteiger partial charge in [0.1, 0.15) is 16.5 Å². The smallest absolute Gasteiger partial charge is 0.268 e. The van der Waals surface area contributed by atoms with Crippen LogP contribution < -0.4 is 0 Å². The fourth-order valence-electron chi connectivity index (χ4n) is 1.26. The van der Waals surface area contributed by atoms with Gasteiger partial charge in [-0.15, -0.1) is 6.58 Å². The zero-order valence-electron chi connectivity index (χ0n) is 7.21. The van der Waals surface area contributed by atoms with E-state index in [1.165, 1.54) is 18.1 Å². The van der Waals surface area contributed by atoms with E-state index in [1.807, 2.05) is 0 Å². The standard InChI is InChI=1S/C8H7N3OS2/c1-2-3-11-6-5(14-8(11)13)7(12)10-4-9-6/h2,4-5H,1,3H2. The number of rotatable bonds is 2. The number of carbonyl (C=O) groups is 1. The van der Waals surface area contributed by atoms with Gasteiger partial charge in [0.25, 0.3) is 5.91 Å². The second-order valence-corrected chi connectivity index (χ2v) is 4.47. The van der Waals surface area contributed by atoms with Crippen LogP contribution in [-0.2, 0) is 4.79 Å². The second-order valence-electron chi connectivity index (χ2n) is 2.73. The van der Waals surface area contributed by atoms with Crippen molar-refractivity contribution in [1.82, 2.24) is 4.90 Å². The van der Waals surface area contributed by atoms with E-state index in [0.717, 1.165) is 0 Å². The van der Waals surface area contributed by atoms with E-state index >= 15 is 0 Å². The largest absolute Gasteiger partial charge is 0.310 e. The minimum Gasteiger partial charge on any atom is -0.310 e. The van der Waals surface area contributed by atoms with Gasteiger partial charge in [0.2, 0.25) is 0 Å². The molecule has 1 saturated heterocycles. The Kier molecular flexibility index (Phi) is 2.47. The summed E-state index contributed by atoms with van der Waals surface area (Å²) in [6.45, 7) is 4.22. The SMILES string of the molecule is C=CCN1C(=S)SC2C(=O)N=CN=C21. The van der Waals surface area contributed by atoms with Crippen LogP contribution in [0, 0.1) is 0 Å². The van der Waals surface area contributed by atoms with Crippen LogP contribution in [0.25, 0.3) is 0 Å². The van der Waals surface area contributed by atoms with Gasteiger partial charge in [-0.25, -0.2) is 9.98 Å². The number of aliphatic imine (C=N–C) groups is 2. The van der Waals surface area contributed by atoms with Gasteiger partial charge in [0, 0.05) is 6.54 Å². The van der Waals surface area contributed by atoms with Crippen LogP contribution in [-0.4, -0.2) is 39.1 Å². The van der Waals surface area contributed by atoms with Crippen LogP contribution >= 0.6 is 24.0 Å². The summed E-state index contributed by atoms with van der Waals surface area (Å²) in [6.07, 6.45) is 3.01. The molecule has 2 rings (SSSR count). The topological polar surface area (TPSA) is 45.0 Å². The predicted molar refractivity (Wildman–Crippen MR) is 61.8 cm³/mol. The molecule has 1 atom stereocenters.